The van der Waals surface area contributed by atoms with E-state index in [1.807, 2.05) is 18.7 Å². The summed E-state index contributed by atoms with van der Waals surface area (Å²) in [4.78, 5) is 26.4. The molecule has 1 N–H and O–H groups in total. The Bertz CT molecular complexity index is 311. The van der Waals surface area contributed by atoms with Gasteiger partial charge in [0.1, 0.15) is 5.54 Å². The molecular weight excluding hydrogens is 228 g/mol. The molecule has 1 aliphatic rings. The zero-order valence-corrected chi connectivity index (χ0v) is 12.1. The summed E-state index contributed by atoms with van der Waals surface area (Å²) in [7, 11) is 0. The van der Waals surface area contributed by atoms with Crippen LogP contribution in [0.4, 0.5) is 0 Å². The van der Waals surface area contributed by atoms with Crippen LogP contribution in [0.25, 0.3) is 0 Å². The highest BCUT2D eigenvalue weighted by Gasteiger charge is 2.42. The summed E-state index contributed by atoms with van der Waals surface area (Å²) >= 11 is 0. The molecule has 1 rings (SSSR count). The van der Waals surface area contributed by atoms with Crippen LogP contribution in [0.3, 0.4) is 0 Å². The first-order valence-electron chi connectivity index (χ1n) is 7.12. The Morgan fingerprint density at radius 1 is 1.28 bits per heavy atom. The second kappa shape index (κ2) is 6.21. The van der Waals surface area contributed by atoms with Crippen LogP contribution >= 0.6 is 0 Å². The molecule has 1 saturated heterocycles. The molecule has 0 aromatic rings. The van der Waals surface area contributed by atoms with Crippen LogP contribution in [0.5, 0.6) is 0 Å². The Kier molecular flexibility index (Phi) is 5.17. The topological polar surface area (TPSA) is 49.4 Å². The molecule has 1 unspecified atom stereocenters. The zero-order chi connectivity index (χ0) is 13.8. The van der Waals surface area contributed by atoms with Gasteiger partial charge in [-0.15, -0.1) is 0 Å². The fraction of sp³-hybridized carbons (Fsp3) is 0.857. The average molecular weight is 254 g/mol. The molecule has 0 aliphatic carbocycles. The number of hydrogen-bond donors (Lipinski definition) is 1. The van der Waals surface area contributed by atoms with Gasteiger partial charge in [-0.1, -0.05) is 27.2 Å². The fourth-order valence-electron chi connectivity index (χ4n) is 2.70. The quantitative estimate of drug-likeness (QED) is 0.816. The Morgan fingerprint density at radius 3 is 2.39 bits per heavy atom. The molecule has 18 heavy (non-hydrogen) atoms. The molecule has 4 heteroatoms. The lowest BCUT2D eigenvalue weighted by Crippen LogP contribution is -2.57. The SMILES string of the molecule is CCCC(C)N1CCC(=O)NC(CC)(CC)C1=O. The van der Waals surface area contributed by atoms with Crippen molar-refractivity contribution in [2.75, 3.05) is 6.54 Å². The van der Waals surface area contributed by atoms with Crippen molar-refractivity contribution in [1.82, 2.24) is 10.2 Å². The highest BCUT2D eigenvalue weighted by molar-refractivity contribution is 5.93. The van der Waals surface area contributed by atoms with Crippen LogP contribution in [0, 0.1) is 0 Å². The second-order valence-corrected chi connectivity index (χ2v) is 5.22. The smallest absolute Gasteiger partial charge is 0.248 e. The lowest BCUT2D eigenvalue weighted by atomic mass is 9.90. The predicted molar refractivity (Wildman–Crippen MR) is 72.2 cm³/mol. The first-order valence-corrected chi connectivity index (χ1v) is 7.12. The van der Waals surface area contributed by atoms with E-state index in [1.165, 1.54) is 0 Å². The van der Waals surface area contributed by atoms with Gasteiger partial charge in [-0.05, 0) is 26.2 Å². The Labute approximate surface area is 110 Å². The van der Waals surface area contributed by atoms with E-state index in [0.29, 0.717) is 25.8 Å². The lowest BCUT2D eigenvalue weighted by Gasteiger charge is -2.36. The molecule has 0 saturated carbocycles. The summed E-state index contributed by atoms with van der Waals surface area (Å²) in [6, 6.07) is 0.215. The molecule has 0 bridgehead atoms. The van der Waals surface area contributed by atoms with Gasteiger partial charge in [-0.3, -0.25) is 9.59 Å². The molecule has 1 atom stereocenters. The Hall–Kier alpha value is -1.06. The standard InChI is InChI=1S/C14H26N2O2/c1-5-8-11(4)16-10-9-12(17)15-14(6-2,7-3)13(16)18/h11H,5-10H2,1-4H3,(H,15,17). The molecule has 2 amide bonds. The van der Waals surface area contributed by atoms with Crippen LogP contribution in [-0.2, 0) is 9.59 Å². The van der Waals surface area contributed by atoms with Crippen molar-refractivity contribution < 1.29 is 9.59 Å². The Morgan fingerprint density at radius 2 is 1.89 bits per heavy atom. The summed E-state index contributed by atoms with van der Waals surface area (Å²) in [5.41, 5.74) is -0.685. The van der Waals surface area contributed by atoms with E-state index in [-0.39, 0.29) is 17.9 Å². The zero-order valence-electron chi connectivity index (χ0n) is 12.1. The maximum atomic E-state index is 12.7. The van der Waals surface area contributed by atoms with Gasteiger partial charge in [-0.2, -0.15) is 0 Å². The fourth-order valence-corrected chi connectivity index (χ4v) is 2.70. The molecule has 0 radical (unpaired) electrons. The van der Waals surface area contributed by atoms with Gasteiger partial charge in [0.2, 0.25) is 11.8 Å². The summed E-state index contributed by atoms with van der Waals surface area (Å²) in [5, 5.41) is 2.94. The van der Waals surface area contributed by atoms with E-state index in [1.54, 1.807) is 0 Å². The van der Waals surface area contributed by atoms with Gasteiger partial charge < -0.3 is 10.2 Å². The van der Waals surface area contributed by atoms with Crippen LogP contribution in [0.2, 0.25) is 0 Å². The maximum absolute atomic E-state index is 12.7. The monoisotopic (exact) mass is 254 g/mol. The summed E-state index contributed by atoms with van der Waals surface area (Å²) in [6.45, 7) is 8.68. The molecular formula is C14H26N2O2. The first kappa shape index (κ1) is 15.0. The molecule has 4 nitrogen and oxygen atoms in total. The number of carbonyl (C=O) groups is 2. The third-order valence-corrected chi connectivity index (χ3v) is 4.07. The summed E-state index contributed by atoms with van der Waals surface area (Å²) < 4.78 is 0. The van der Waals surface area contributed by atoms with Crippen LogP contribution < -0.4 is 5.32 Å². The maximum Gasteiger partial charge on any atom is 0.248 e. The minimum absolute atomic E-state index is 0.00162. The largest absolute Gasteiger partial charge is 0.342 e. The first-order chi connectivity index (χ1) is 8.50. The third kappa shape index (κ3) is 2.85. The van der Waals surface area contributed by atoms with E-state index >= 15 is 0 Å². The molecule has 1 heterocycles. The minimum Gasteiger partial charge on any atom is -0.342 e. The number of rotatable bonds is 5. The van der Waals surface area contributed by atoms with Gasteiger partial charge in [-0.25, -0.2) is 0 Å². The third-order valence-electron chi connectivity index (χ3n) is 4.07. The normalized spacial score (nSPS) is 21.4. The van der Waals surface area contributed by atoms with E-state index in [2.05, 4.69) is 19.2 Å². The van der Waals surface area contributed by atoms with Gasteiger partial charge in [0, 0.05) is 19.0 Å². The van der Waals surface area contributed by atoms with Crippen molar-refractivity contribution in [1.29, 1.82) is 0 Å². The number of nitrogens with zero attached hydrogens (tertiary/aromatic N) is 1. The van der Waals surface area contributed by atoms with Gasteiger partial charge >= 0.3 is 0 Å². The molecule has 104 valence electrons. The van der Waals surface area contributed by atoms with Crippen LogP contribution in [0.15, 0.2) is 0 Å². The predicted octanol–water partition coefficient (Wildman–Crippen LogP) is 2.08. The number of amides is 2. The average Bonchev–Trinajstić information content (AvgIpc) is 2.48. The van der Waals surface area contributed by atoms with E-state index in [9.17, 15) is 9.59 Å². The summed E-state index contributed by atoms with van der Waals surface area (Å²) in [6.07, 6.45) is 3.77. The number of carbonyl (C=O) groups excluding carboxylic acids is 2. The Balaban J connectivity index is 2.99. The van der Waals surface area contributed by atoms with Gasteiger partial charge in [0.15, 0.2) is 0 Å². The highest BCUT2D eigenvalue weighted by atomic mass is 16.2. The van der Waals surface area contributed by atoms with Crippen LogP contribution in [0.1, 0.15) is 59.8 Å². The van der Waals surface area contributed by atoms with Crippen molar-refractivity contribution in [3.8, 4) is 0 Å². The van der Waals surface area contributed by atoms with E-state index in [0.717, 1.165) is 12.8 Å². The highest BCUT2D eigenvalue weighted by Crippen LogP contribution is 2.24. The minimum atomic E-state index is -0.685. The van der Waals surface area contributed by atoms with Crippen molar-refractivity contribution in [2.45, 2.75) is 71.4 Å². The number of hydrogen-bond acceptors (Lipinski definition) is 2. The van der Waals surface area contributed by atoms with Gasteiger partial charge in [0.25, 0.3) is 0 Å². The second-order valence-electron chi connectivity index (χ2n) is 5.22. The lowest BCUT2D eigenvalue weighted by molar-refractivity contribution is -0.141. The van der Waals surface area contributed by atoms with Crippen molar-refractivity contribution >= 4 is 11.8 Å². The van der Waals surface area contributed by atoms with Gasteiger partial charge in [0.05, 0.1) is 0 Å². The van der Waals surface area contributed by atoms with E-state index in [4.69, 9.17) is 0 Å². The molecule has 1 fully saturated rings. The van der Waals surface area contributed by atoms with Crippen LogP contribution in [-0.4, -0.2) is 34.8 Å². The molecule has 0 aromatic heterocycles. The van der Waals surface area contributed by atoms with E-state index < -0.39 is 5.54 Å². The summed E-state index contributed by atoms with van der Waals surface area (Å²) in [5.74, 6) is 0.0950. The molecule has 1 aliphatic heterocycles. The van der Waals surface area contributed by atoms with Crippen molar-refractivity contribution in [3.63, 3.8) is 0 Å². The van der Waals surface area contributed by atoms with Crippen molar-refractivity contribution in [2.24, 2.45) is 0 Å². The number of nitrogens with one attached hydrogen (secondary N) is 1. The van der Waals surface area contributed by atoms with Crippen molar-refractivity contribution in [3.05, 3.63) is 0 Å². The molecule has 0 spiro atoms. The molecule has 0 aromatic carbocycles.